The molecule has 8 nitrogen and oxygen atoms in total. The quantitative estimate of drug-likeness (QED) is 0.318. The minimum Gasteiger partial charge on any atom is -0.484 e. The van der Waals surface area contributed by atoms with Crippen molar-refractivity contribution < 1.29 is 27.2 Å². The number of amides is 1. The molecule has 3 heterocycles. The highest BCUT2D eigenvalue weighted by atomic mass is 19.4. The number of hydrogen-bond donors (Lipinski definition) is 0. The largest absolute Gasteiger partial charge is 0.484 e. The first kappa shape index (κ1) is 26.5. The Kier molecular flexibility index (Phi) is 7.40. The fraction of sp³-hybridized carbons (Fsp3) is 0.357. The zero-order chi connectivity index (χ0) is 27.6. The highest BCUT2D eigenvalue weighted by Gasteiger charge is 2.32. The maximum atomic E-state index is 13.4. The molecule has 39 heavy (non-hydrogen) atoms. The summed E-state index contributed by atoms with van der Waals surface area (Å²) in [6.45, 7) is 5.84. The van der Waals surface area contributed by atoms with Crippen molar-refractivity contribution in [3.05, 3.63) is 66.0 Å². The normalized spacial score (nSPS) is 14.3. The van der Waals surface area contributed by atoms with Gasteiger partial charge < -0.3 is 19.1 Å². The van der Waals surface area contributed by atoms with Gasteiger partial charge in [-0.15, -0.1) is 0 Å². The van der Waals surface area contributed by atoms with E-state index >= 15 is 0 Å². The molecule has 0 bridgehead atoms. The van der Waals surface area contributed by atoms with Crippen LogP contribution in [0.4, 0.5) is 19.0 Å². The predicted octanol–water partition coefficient (Wildman–Crippen LogP) is 5.23. The van der Waals surface area contributed by atoms with E-state index in [-0.39, 0.29) is 35.4 Å². The van der Waals surface area contributed by atoms with Crippen LogP contribution < -0.4 is 9.64 Å². The molecule has 0 unspecified atom stereocenters. The van der Waals surface area contributed by atoms with Gasteiger partial charge in [-0.05, 0) is 30.2 Å². The van der Waals surface area contributed by atoms with Gasteiger partial charge in [0.15, 0.2) is 6.61 Å². The second-order valence-electron chi connectivity index (χ2n) is 9.82. The smallest absolute Gasteiger partial charge is 0.416 e. The van der Waals surface area contributed by atoms with Crippen LogP contribution in [0.3, 0.4) is 0 Å². The summed E-state index contributed by atoms with van der Waals surface area (Å²) in [7, 11) is 0. The third kappa shape index (κ3) is 5.97. The molecule has 11 heteroatoms. The van der Waals surface area contributed by atoms with Crippen molar-refractivity contribution in [2.75, 3.05) is 37.7 Å². The van der Waals surface area contributed by atoms with Crippen molar-refractivity contribution in [2.24, 2.45) is 5.92 Å². The van der Waals surface area contributed by atoms with Gasteiger partial charge in [0.2, 0.25) is 0 Å². The molecule has 0 saturated carbocycles. The highest BCUT2D eigenvalue weighted by Crippen LogP contribution is 2.37. The molecule has 0 atom stereocenters. The third-order valence-corrected chi connectivity index (χ3v) is 6.45. The number of alkyl halides is 3. The van der Waals surface area contributed by atoms with Crippen LogP contribution in [-0.2, 0) is 17.4 Å². The Balaban J connectivity index is 1.41. The van der Waals surface area contributed by atoms with Crippen LogP contribution in [0, 0.1) is 5.92 Å². The van der Waals surface area contributed by atoms with E-state index in [9.17, 15) is 18.0 Å². The number of carbonyl (C=O) groups excluding carboxylic acids is 1. The number of para-hydroxylation sites is 1. The number of carbonyl (C=O) groups is 1. The number of halogens is 3. The van der Waals surface area contributed by atoms with Crippen molar-refractivity contribution in [1.82, 2.24) is 20.0 Å². The molecule has 5 rings (SSSR count). The summed E-state index contributed by atoms with van der Waals surface area (Å²) in [6, 6.07) is 14.1. The lowest BCUT2D eigenvalue weighted by Gasteiger charge is -2.35. The van der Waals surface area contributed by atoms with Gasteiger partial charge in [0.05, 0.1) is 5.56 Å². The summed E-state index contributed by atoms with van der Waals surface area (Å²) in [5.41, 5.74) is -0.0494. The first-order chi connectivity index (χ1) is 18.7. The topological polar surface area (TPSA) is 84.6 Å². The van der Waals surface area contributed by atoms with E-state index in [4.69, 9.17) is 14.2 Å². The fourth-order valence-corrected chi connectivity index (χ4v) is 4.53. The van der Waals surface area contributed by atoms with E-state index < -0.39 is 11.7 Å². The number of rotatable bonds is 7. The molecule has 0 radical (unpaired) electrons. The van der Waals surface area contributed by atoms with Gasteiger partial charge in [0.1, 0.15) is 28.5 Å². The minimum absolute atomic E-state index is 0.0638. The van der Waals surface area contributed by atoms with Crippen molar-refractivity contribution in [1.29, 1.82) is 0 Å². The first-order valence-corrected chi connectivity index (χ1v) is 12.7. The molecule has 1 aliphatic rings. The number of piperazine rings is 1. The van der Waals surface area contributed by atoms with Crippen LogP contribution in [0.15, 0.2) is 59.1 Å². The van der Waals surface area contributed by atoms with Crippen molar-refractivity contribution in [3.8, 4) is 17.0 Å². The monoisotopic (exact) mass is 539 g/mol. The second kappa shape index (κ2) is 10.9. The summed E-state index contributed by atoms with van der Waals surface area (Å²) >= 11 is 0. The van der Waals surface area contributed by atoms with Crippen LogP contribution in [-0.4, -0.2) is 58.7 Å². The number of benzene rings is 2. The molecule has 4 aromatic rings. The van der Waals surface area contributed by atoms with E-state index in [1.165, 1.54) is 6.07 Å². The maximum absolute atomic E-state index is 13.4. The maximum Gasteiger partial charge on any atom is 0.416 e. The number of aromatic nitrogens is 3. The predicted molar refractivity (Wildman–Crippen MR) is 139 cm³/mol. The van der Waals surface area contributed by atoms with Gasteiger partial charge in [0, 0.05) is 38.2 Å². The lowest BCUT2D eigenvalue weighted by Crippen LogP contribution is -2.50. The lowest BCUT2D eigenvalue weighted by molar-refractivity contribution is -0.137. The Hall–Kier alpha value is -4.15. The summed E-state index contributed by atoms with van der Waals surface area (Å²) in [6.07, 6.45) is -3.90. The van der Waals surface area contributed by atoms with Gasteiger partial charge in [-0.1, -0.05) is 49.3 Å². The lowest BCUT2D eigenvalue weighted by atomic mass is 10.1. The summed E-state index contributed by atoms with van der Waals surface area (Å²) in [5, 5.41) is 4.56. The SMILES string of the molecule is CC(C)Cc1nc(N2CCN(C(=O)COc3ccccc3)CC2)c2c(-c3cccc(C(F)(F)F)c3)noc2n1. The average molecular weight is 540 g/mol. The van der Waals surface area contributed by atoms with Gasteiger partial charge >= 0.3 is 6.18 Å². The van der Waals surface area contributed by atoms with Gasteiger partial charge in [-0.2, -0.15) is 18.2 Å². The van der Waals surface area contributed by atoms with Crippen LogP contribution >= 0.6 is 0 Å². The second-order valence-corrected chi connectivity index (χ2v) is 9.82. The van der Waals surface area contributed by atoms with Crippen LogP contribution in [0.2, 0.25) is 0 Å². The fourth-order valence-electron chi connectivity index (χ4n) is 4.53. The summed E-state index contributed by atoms with van der Waals surface area (Å²) in [5.74, 6) is 1.88. The zero-order valence-electron chi connectivity index (χ0n) is 21.6. The average Bonchev–Trinajstić information content (AvgIpc) is 3.35. The number of ether oxygens (including phenoxy) is 1. The molecule has 1 aliphatic heterocycles. The molecule has 2 aromatic carbocycles. The van der Waals surface area contributed by atoms with Crippen molar-refractivity contribution in [3.63, 3.8) is 0 Å². The summed E-state index contributed by atoms with van der Waals surface area (Å²) < 4.78 is 51.3. The van der Waals surface area contributed by atoms with E-state index in [1.807, 2.05) is 36.9 Å². The molecule has 1 fully saturated rings. The van der Waals surface area contributed by atoms with Crippen molar-refractivity contribution in [2.45, 2.75) is 26.4 Å². The zero-order valence-corrected chi connectivity index (χ0v) is 21.6. The Labute approximate surface area is 223 Å². The molecule has 0 aliphatic carbocycles. The molecule has 2 aromatic heterocycles. The highest BCUT2D eigenvalue weighted by molar-refractivity contribution is 5.98. The minimum atomic E-state index is -4.49. The third-order valence-electron chi connectivity index (χ3n) is 6.45. The number of fused-ring (bicyclic) bond motifs is 1. The molecule has 0 spiro atoms. The van der Waals surface area contributed by atoms with Gasteiger partial charge in [-0.3, -0.25) is 4.79 Å². The number of nitrogens with zero attached hydrogens (tertiary/aromatic N) is 5. The molecular weight excluding hydrogens is 511 g/mol. The van der Waals surface area contributed by atoms with Gasteiger partial charge in [0.25, 0.3) is 11.6 Å². The first-order valence-electron chi connectivity index (χ1n) is 12.7. The number of anilines is 1. The Morgan fingerprint density at radius 1 is 1.03 bits per heavy atom. The van der Waals surface area contributed by atoms with Crippen LogP contribution in [0.1, 0.15) is 25.2 Å². The molecular formula is C28H28F3N5O3. The Morgan fingerprint density at radius 3 is 2.46 bits per heavy atom. The van der Waals surface area contributed by atoms with E-state index in [0.717, 1.165) is 12.1 Å². The molecule has 204 valence electrons. The van der Waals surface area contributed by atoms with Gasteiger partial charge in [-0.25, -0.2) is 4.98 Å². The van der Waals surface area contributed by atoms with E-state index in [2.05, 4.69) is 10.1 Å². The summed E-state index contributed by atoms with van der Waals surface area (Å²) in [4.78, 5) is 25.8. The number of hydrogen-bond acceptors (Lipinski definition) is 7. The van der Waals surface area contributed by atoms with E-state index in [0.29, 0.717) is 55.4 Å². The molecule has 1 amide bonds. The van der Waals surface area contributed by atoms with Crippen molar-refractivity contribution >= 4 is 22.8 Å². The molecule has 0 N–H and O–H groups in total. The standard InChI is InChI=1S/C28H28F3N5O3/c1-18(2)15-22-32-26(36-13-11-35(12-14-36)23(37)17-38-21-9-4-3-5-10-21)24-25(34-39-27(24)33-22)19-7-6-8-20(16-19)28(29,30)31/h3-10,16,18H,11-15,17H2,1-2H3. The van der Waals surface area contributed by atoms with Crippen LogP contribution in [0.5, 0.6) is 5.75 Å². The Morgan fingerprint density at radius 2 is 1.77 bits per heavy atom. The molecule has 1 saturated heterocycles. The van der Waals surface area contributed by atoms with Crippen LogP contribution in [0.25, 0.3) is 22.4 Å². The van der Waals surface area contributed by atoms with E-state index in [1.54, 1.807) is 23.1 Å². The Bertz CT molecular complexity index is 1450.